The number of carbonyl (C=O) groups is 1. The Bertz CT molecular complexity index is 772. The molecule has 1 atom stereocenters. The minimum Gasteiger partial charge on any atom is -0.454 e. The number of hydrogen-bond acceptors (Lipinski definition) is 6. The fourth-order valence-electron chi connectivity index (χ4n) is 2.22. The van der Waals surface area contributed by atoms with Gasteiger partial charge >= 0.3 is 0 Å². The molecule has 0 saturated heterocycles. The number of nitrogens with zero attached hydrogens (tertiary/aromatic N) is 2. The number of fused-ring (bicyclic) bond motifs is 1. The minimum atomic E-state index is -0.322. The third-order valence-corrected chi connectivity index (χ3v) is 4.86. The van der Waals surface area contributed by atoms with E-state index >= 15 is 0 Å². The van der Waals surface area contributed by atoms with Gasteiger partial charge in [-0.1, -0.05) is 11.8 Å². The maximum Gasteiger partial charge on any atom is 0.237 e. The Kier molecular flexibility index (Phi) is 4.62. The quantitative estimate of drug-likeness (QED) is 0.677. The predicted molar refractivity (Wildman–Crippen MR) is 92.8 cm³/mol. The summed E-state index contributed by atoms with van der Waals surface area (Å²) in [5, 5.41) is 3.17. The summed E-state index contributed by atoms with van der Waals surface area (Å²) in [6.45, 7) is 7.94. The molecular weight excluding hydrogens is 326 g/mol. The van der Waals surface area contributed by atoms with Crippen LogP contribution in [-0.2, 0) is 4.79 Å². The van der Waals surface area contributed by atoms with Crippen LogP contribution in [0.4, 0.5) is 5.69 Å². The van der Waals surface area contributed by atoms with E-state index in [4.69, 9.17) is 9.47 Å². The second kappa shape index (κ2) is 6.68. The Morgan fingerprint density at radius 2 is 1.83 bits per heavy atom. The molecule has 1 aromatic carbocycles. The summed E-state index contributed by atoms with van der Waals surface area (Å²) in [4.78, 5) is 21.3. The summed E-state index contributed by atoms with van der Waals surface area (Å²) < 4.78 is 10.6. The maximum atomic E-state index is 12.4. The average Bonchev–Trinajstić information content (AvgIpc) is 3.00. The van der Waals surface area contributed by atoms with Crippen molar-refractivity contribution in [1.29, 1.82) is 0 Å². The van der Waals surface area contributed by atoms with Crippen LogP contribution in [0.15, 0.2) is 23.4 Å². The molecule has 1 aromatic heterocycles. The van der Waals surface area contributed by atoms with Gasteiger partial charge in [0.25, 0.3) is 0 Å². The number of nitrogens with one attached hydrogen (secondary N) is 1. The molecule has 0 aliphatic carbocycles. The third kappa shape index (κ3) is 3.46. The Labute approximate surface area is 145 Å². The largest absolute Gasteiger partial charge is 0.454 e. The molecule has 3 rings (SSSR count). The van der Waals surface area contributed by atoms with Crippen LogP contribution in [0, 0.1) is 20.8 Å². The zero-order chi connectivity index (χ0) is 17.3. The van der Waals surface area contributed by atoms with Gasteiger partial charge in [0.15, 0.2) is 16.7 Å². The van der Waals surface area contributed by atoms with Crippen molar-refractivity contribution in [3.63, 3.8) is 0 Å². The molecule has 7 heteroatoms. The Morgan fingerprint density at radius 3 is 2.54 bits per heavy atom. The van der Waals surface area contributed by atoms with Crippen molar-refractivity contribution in [2.75, 3.05) is 12.1 Å². The molecule has 1 amide bonds. The number of carbonyl (C=O) groups excluding carboxylic acids is 1. The SMILES string of the molecule is Cc1nc(SC(C)C(=O)Nc2ccc3c(c2)OCO3)nc(C)c1C. The fourth-order valence-corrected chi connectivity index (χ4v) is 3.09. The van der Waals surface area contributed by atoms with E-state index in [2.05, 4.69) is 15.3 Å². The highest BCUT2D eigenvalue weighted by Crippen LogP contribution is 2.34. The van der Waals surface area contributed by atoms with E-state index in [9.17, 15) is 4.79 Å². The molecule has 0 bridgehead atoms. The van der Waals surface area contributed by atoms with Crippen molar-refractivity contribution in [2.45, 2.75) is 38.1 Å². The first-order valence-corrected chi connectivity index (χ1v) is 8.51. The molecule has 0 spiro atoms. The lowest BCUT2D eigenvalue weighted by molar-refractivity contribution is -0.115. The number of ether oxygens (including phenoxy) is 2. The zero-order valence-corrected chi connectivity index (χ0v) is 14.9. The van der Waals surface area contributed by atoms with Crippen LogP contribution in [0.25, 0.3) is 0 Å². The van der Waals surface area contributed by atoms with Crippen LogP contribution >= 0.6 is 11.8 Å². The number of thioether (sulfide) groups is 1. The standard InChI is InChI=1S/C17H19N3O3S/c1-9-10(2)18-17(19-11(9)3)24-12(4)16(21)20-13-5-6-14-15(7-13)23-8-22-14/h5-7,12H,8H2,1-4H3,(H,20,21). The number of aryl methyl sites for hydroxylation is 2. The lowest BCUT2D eigenvalue weighted by atomic mass is 10.2. The van der Waals surface area contributed by atoms with Crippen LogP contribution in [0.3, 0.4) is 0 Å². The maximum absolute atomic E-state index is 12.4. The van der Waals surface area contributed by atoms with Crippen LogP contribution < -0.4 is 14.8 Å². The normalized spacial score (nSPS) is 13.7. The van der Waals surface area contributed by atoms with Crippen molar-refractivity contribution in [3.8, 4) is 11.5 Å². The Hall–Kier alpha value is -2.28. The van der Waals surface area contributed by atoms with Gasteiger partial charge in [-0.25, -0.2) is 9.97 Å². The monoisotopic (exact) mass is 345 g/mol. The molecule has 24 heavy (non-hydrogen) atoms. The summed E-state index contributed by atoms with van der Waals surface area (Å²) >= 11 is 1.34. The van der Waals surface area contributed by atoms with E-state index in [0.29, 0.717) is 22.3 Å². The Balaban J connectivity index is 1.67. The highest BCUT2D eigenvalue weighted by Gasteiger charge is 2.19. The first-order valence-electron chi connectivity index (χ1n) is 7.63. The van der Waals surface area contributed by atoms with Gasteiger partial charge in [0.2, 0.25) is 12.7 Å². The molecule has 0 fully saturated rings. The summed E-state index contributed by atoms with van der Waals surface area (Å²) in [6.07, 6.45) is 0. The molecule has 6 nitrogen and oxygen atoms in total. The van der Waals surface area contributed by atoms with Gasteiger partial charge in [0.1, 0.15) is 0 Å². The lowest BCUT2D eigenvalue weighted by Gasteiger charge is -2.13. The van der Waals surface area contributed by atoms with Crippen LogP contribution in [0.1, 0.15) is 23.9 Å². The van der Waals surface area contributed by atoms with E-state index in [1.807, 2.05) is 27.7 Å². The van der Waals surface area contributed by atoms with E-state index in [-0.39, 0.29) is 18.0 Å². The van der Waals surface area contributed by atoms with Gasteiger partial charge in [0, 0.05) is 23.1 Å². The van der Waals surface area contributed by atoms with E-state index < -0.39 is 0 Å². The molecule has 1 unspecified atom stereocenters. The predicted octanol–water partition coefficient (Wildman–Crippen LogP) is 3.25. The molecule has 0 saturated carbocycles. The van der Waals surface area contributed by atoms with Crippen molar-refractivity contribution in [3.05, 3.63) is 35.2 Å². The van der Waals surface area contributed by atoms with Gasteiger partial charge in [-0.3, -0.25) is 4.79 Å². The minimum absolute atomic E-state index is 0.113. The number of benzene rings is 1. The number of amides is 1. The molecule has 1 aliphatic rings. The lowest BCUT2D eigenvalue weighted by Crippen LogP contribution is -2.22. The average molecular weight is 345 g/mol. The first-order chi connectivity index (χ1) is 11.4. The van der Waals surface area contributed by atoms with Gasteiger partial charge in [-0.2, -0.15) is 0 Å². The first kappa shape index (κ1) is 16.6. The molecule has 2 aromatic rings. The molecule has 0 radical (unpaired) electrons. The van der Waals surface area contributed by atoms with Crippen LogP contribution in [0.2, 0.25) is 0 Å². The summed E-state index contributed by atoms with van der Waals surface area (Å²) in [6, 6.07) is 5.33. The van der Waals surface area contributed by atoms with Gasteiger partial charge in [-0.15, -0.1) is 0 Å². The molecule has 126 valence electrons. The number of hydrogen-bond donors (Lipinski definition) is 1. The highest BCUT2D eigenvalue weighted by atomic mass is 32.2. The summed E-state index contributed by atoms with van der Waals surface area (Å²) in [5.41, 5.74) is 3.63. The summed E-state index contributed by atoms with van der Waals surface area (Å²) in [5.74, 6) is 1.22. The van der Waals surface area contributed by atoms with Crippen LogP contribution in [0.5, 0.6) is 11.5 Å². The third-order valence-electron chi connectivity index (χ3n) is 3.90. The smallest absolute Gasteiger partial charge is 0.237 e. The van der Waals surface area contributed by atoms with E-state index in [1.165, 1.54) is 11.8 Å². The molecule has 2 heterocycles. The fraction of sp³-hybridized carbons (Fsp3) is 0.353. The van der Waals surface area contributed by atoms with Crippen molar-refractivity contribution < 1.29 is 14.3 Å². The van der Waals surface area contributed by atoms with E-state index in [1.54, 1.807) is 18.2 Å². The van der Waals surface area contributed by atoms with Gasteiger partial charge in [0.05, 0.1) is 5.25 Å². The van der Waals surface area contributed by atoms with Gasteiger partial charge in [-0.05, 0) is 45.4 Å². The second-order valence-corrected chi connectivity index (χ2v) is 6.93. The Morgan fingerprint density at radius 1 is 1.17 bits per heavy atom. The van der Waals surface area contributed by atoms with Crippen molar-refractivity contribution in [2.24, 2.45) is 0 Å². The molecule has 1 aliphatic heterocycles. The van der Waals surface area contributed by atoms with E-state index in [0.717, 1.165) is 17.0 Å². The van der Waals surface area contributed by atoms with Crippen LogP contribution in [-0.4, -0.2) is 27.9 Å². The topological polar surface area (TPSA) is 73.3 Å². The van der Waals surface area contributed by atoms with Crippen molar-refractivity contribution >= 4 is 23.4 Å². The zero-order valence-electron chi connectivity index (χ0n) is 14.0. The number of aromatic nitrogens is 2. The second-order valence-electron chi connectivity index (χ2n) is 5.62. The molecular formula is C17H19N3O3S. The summed E-state index contributed by atoms with van der Waals surface area (Å²) in [7, 11) is 0. The number of anilines is 1. The van der Waals surface area contributed by atoms with Crippen molar-refractivity contribution in [1.82, 2.24) is 9.97 Å². The molecule has 1 N–H and O–H groups in total. The van der Waals surface area contributed by atoms with Gasteiger partial charge < -0.3 is 14.8 Å². The number of rotatable bonds is 4. The highest BCUT2D eigenvalue weighted by molar-refractivity contribution is 8.00.